The van der Waals surface area contributed by atoms with Gasteiger partial charge in [-0.25, -0.2) is 0 Å². The summed E-state index contributed by atoms with van der Waals surface area (Å²) < 4.78 is 48.7. The molecular weight excluding hydrogens is 431 g/mol. The molecule has 0 spiro atoms. The quantitative estimate of drug-likeness (QED) is 0.515. The number of halogens is 4. The van der Waals surface area contributed by atoms with E-state index in [1.807, 2.05) is 0 Å². The van der Waals surface area contributed by atoms with Crippen LogP contribution in [0, 0.1) is 0 Å². The second-order valence-electron chi connectivity index (χ2n) is 5.62. The lowest BCUT2D eigenvalue weighted by Crippen LogP contribution is -2.13. The van der Waals surface area contributed by atoms with Gasteiger partial charge in [-0.2, -0.15) is 13.2 Å². The number of alkyl halides is 3. The smallest absolute Gasteiger partial charge is 0.416 e. The van der Waals surface area contributed by atoms with Gasteiger partial charge in [-0.15, -0.1) is 10.2 Å². The van der Waals surface area contributed by atoms with Gasteiger partial charge in [0, 0.05) is 10.7 Å². The Morgan fingerprint density at radius 3 is 2.66 bits per heavy atom. The summed E-state index contributed by atoms with van der Waals surface area (Å²) in [6.45, 7) is -0.203. The Hall–Kier alpha value is -2.72. The van der Waals surface area contributed by atoms with Crippen LogP contribution in [-0.4, -0.2) is 21.9 Å². The van der Waals surface area contributed by atoms with Crippen LogP contribution in [0.3, 0.4) is 0 Å². The van der Waals surface area contributed by atoms with Crippen molar-refractivity contribution >= 4 is 35.0 Å². The molecule has 0 fully saturated rings. The monoisotopic (exact) mass is 443 g/mol. The molecule has 6 nitrogen and oxygen atoms in total. The van der Waals surface area contributed by atoms with Gasteiger partial charge in [-0.3, -0.25) is 4.79 Å². The zero-order valence-electron chi connectivity index (χ0n) is 14.6. The maximum absolute atomic E-state index is 12.7. The molecule has 0 radical (unpaired) electrons. The summed E-state index contributed by atoms with van der Waals surface area (Å²) in [5.74, 6) is -0.159. The number of anilines is 1. The third kappa shape index (κ3) is 6.40. The molecule has 1 amide bonds. The molecule has 3 aromatic rings. The number of hydrogen-bond donors (Lipinski definition) is 1. The Kier molecular flexibility index (Phi) is 6.65. The molecule has 0 unspecified atom stereocenters. The van der Waals surface area contributed by atoms with Crippen molar-refractivity contribution in [1.82, 2.24) is 10.2 Å². The summed E-state index contributed by atoms with van der Waals surface area (Å²) in [6.07, 6.45) is -4.46. The molecule has 0 saturated carbocycles. The number of benzene rings is 2. The molecule has 1 heterocycles. The van der Waals surface area contributed by atoms with E-state index in [-0.39, 0.29) is 35.1 Å². The first-order valence-corrected chi connectivity index (χ1v) is 9.46. The lowest BCUT2D eigenvalue weighted by Gasteiger charge is -2.08. The molecule has 1 aromatic heterocycles. The highest BCUT2D eigenvalue weighted by molar-refractivity contribution is 7.99. The maximum Gasteiger partial charge on any atom is 0.416 e. The van der Waals surface area contributed by atoms with Gasteiger partial charge in [-0.1, -0.05) is 29.4 Å². The standard InChI is InChI=1S/C18H13ClF3N3O3S/c19-12-4-6-13(7-5-12)23-15(26)10-29-17-25-24-16(28-17)9-27-14-3-1-2-11(8-14)18(20,21)22/h1-8H,9-10H2,(H,23,26). The van der Waals surface area contributed by atoms with Gasteiger partial charge >= 0.3 is 6.18 Å². The number of nitrogens with one attached hydrogen (secondary N) is 1. The fraction of sp³-hybridized carbons (Fsp3) is 0.167. The van der Waals surface area contributed by atoms with Crippen LogP contribution in [0.1, 0.15) is 11.5 Å². The molecule has 0 atom stereocenters. The van der Waals surface area contributed by atoms with Crippen LogP contribution >= 0.6 is 23.4 Å². The predicted octanol–water partition coefficient (Wildman–Crippen LogP) is 5.05. The third-order valence-corrected chi connectivity index (χ3v) is 4.50. The van der Waals surface area contributed by atoms with Crippen molar-refractivity contribution in [2.75, 3.05) is 11.1 Å². The van der Waals surface area contributed by atoms with Gasteiger partial charge in [0.05, 0.1) is 11.3 Å². The van der Waals surface area contributed by atoms with Gasteiger partial charge in [-0.05, 0) is 42.5 Å². The summed E-state index contributed by atoms with van der Waals surface area (Å²) in [7, 11) is 0. The lowest BCUT2D eigenvalue weighted by molar-refractivity contribution is -0.137. The summed E-state index contributed by atoms with van der Waals surface area (Å²) >= 11 is 6.80. The van der Waals surface area contributed by atoms with Crippen LogP contribution in [0.25, 0.3) is 0 Å². The summed E-state index contributed by atoms with van der Waals surface area (Å²) in [5, 5.41) is 10.9. The average molecular weight is 444 g/mol. The number of aromatic nitrogens is 2. The van der Waals surface area contributed by atoms with Crippen LogP contribution in [-0.2, 0) is 17.6 Å². The van der Waals surface area contributed by atoms with E-state index in [9.17, 15) is 18.0 Å². The molecule has 0 aliphatic heterocycles. The minimum absolute atomic E-state index is 0.0228. The van der Waals surface area contributed by atoms with E-state index in [2.05, 4.69) is 15.5 Å². The van der Waals surface area contributed by atoms with Crippen molar-refractivity contribution in [2.24, 2.45) is 0 Å². The molecular formula is C18H13ClF3N3O3S. The normalized spacial score (nSPS) is 11.3. The van der Waals surface area contributed by atoms with Gasteiger partial charge in [0.2, 0.25) is 5.91 Å². The molecule has 0 aliphatic rings. The first kappa shape index (κ1) is 21.0. The van der Waals surface area contributed by atoms with E-state index >= 15 is 0 Å². The zero-order chi connectivity index (χ0) is 20.9. The van der Waals surface area contributed by atoms with E-state index in [0.717, 1.165) is 23.9 Å². The fourth-order valence-electron chi connectivity index (χ4n) is 2.12. The Morgan fingerprint density at radius 2 is 1.93 bits per heavy atom. The fourth-order valence-corrected chi connectivity index (χ4v) is 2.83. The highest BCUT2D eigenvalue weighted by Gasteiger charge is 2.30. The van der Waals surface area contributed by atoms with Crippen molar-refractivity contribution in [1.29, 1.82) is 0 Å². The van der Waals surface area contributed by atoms with Crippen molar-refractivity contribution in [2.45, 2.75) is 18.0 Å². The minimum atomic E-state index is -4.46. The number of carbonyl (C=O) groups excluding carboxylic acids is 1. The van der Waals surface area contributed by atoms with Crippen LogP contribution < -0.4 is 10.1 Å². The van der Waals surface area contributed by atoms with Crippen LogP contribution in [0.2, 0.25) is 5.02 Å². The molecule has 0 aliphatic carbocycles. The molecule has 1 N–H and O–H groups in total. The SMILES string of the molecule is O=C(CSc1nnc(COc2cccc(C(F)(F)F)c2)o1)Nc1ccc(Cl)cc1. The average Bonchev–Trinajstić information content (AvgIpc) is 3.14. The second-order valence-corrected chi connectivity index (χ2v) is 6.98. The Morgan fingerprint density at radius 1 is 1.17 bits per heavy atom. The molecule has 29 heavy (non-hydrogen) atoms. The molecule has 0 bridgehead atoms. The molecule has 0 saturated heterocycles. The van der Waals surface area contributed by atoms with Crippen LogP contribution in [0.15, 0.2) is 58.2 Å². The first-order valence-electron chi connectivity index (χ1n) is 8.10. The molecule has 152 valence electrons. The van der Waals surface area contributed by atoms with Crippen molar-refractivity contribution in [3.8, 4) is 5.75 Å². The second kappa shape index (κ2) is 9.19. The Bertz CT molecular complexity index is 980. The van der Waals surface area contributed by atoms with Crippen molar-refractivity contribution < 1.29 is 27.1 Å². The number of amides is 1. The van der Waals surface area contributed by atoms with E-state index < -0.39 is 11.7 Å². The third-order valence-electron chi connectivity index (χ3n) is 3.43. The largest absolute Gasteiger partial charge is 0.484 e. The summed E-state index contributed by atoms with van der Waals surface area (Å²) in [4.78, 5) is 11.9. The van der Waals surface area contributed by atoms with Crippen LogP contribution in [0.4, 0.5) is 18.9 Å². The van der Waals surface area contributed by atoms with Gasteiger partial charge in [0.1, 0.15) is 5.75 Å². The highest BCUT2D eigenvalue weighted by Crippen LogP contribution is 2.31. The van der Waals surface area contributed by atoms with Crippen molar-refractivity contribution in [3.05, 3.63) is 65.0 Å². The number of nitrogens with zero attached hydrogens (tertiary/aromatic N) is 2. The molecule has 3 rings (SSSR count). The number of ether oxygens (including phenoxy) is 1. The Labute approximate surface area is 172 Å². The van der Waals surface area contributed by atoms with Crippen LogP contribution in [0.5, 0.6) is 5.75 Å². The first-order chi connectivity index (χ1) is 13.8. The number of hydrogen-bond acceptors (Lipinski definition) is 6. The maximum atomic E-state index is 12.7. The molecule has 2 aromatic carbocycles. The minimum Gasteiger partial charge on any atom is -0.484 e. The number of carbonyl (C=O) groups is 1. The summed E-state index contributed by atoms with van der Waals surface area (Å²) in [5.41, 5.74) is -0.218. The highest BCUT2D eigenvalue weighted by atomic mass is 35.5. The summed E-state index contributed by atoms with van der Waals surface area (Å²) in [6, 6.07) is 11.1. The molecule has 11 heteroatoms. The zero-order valence-corrected chi connectivity index (χ0v) is 16.1. The van der Waals surface area contributed by atoms with E-state index in [4.69, 9.17) is 20.8 Å². The lowest BCUT2D eigenvalue weighted by atomic mass is 10.2. The Balaban J connectivity index is 1.48. The van der Waals surface area contributed by atoms with E-state index in [0.29, 0.717) is 10.7 Å². The number of thioether (sulfide) groups is 1. The number of rotatable bonds is 7. The predicted molar refractivity (Wildman–Crippen MR) is 101 cm³/mol. The topological polar surface area (TPSA) is 77.2 Å². The van der Waals surface area contributed by atoms with E-state index in [1.165, 1.54) is 12.1 Å². The van der Waals surface area contributed by atoms with Gasteiger partial charge < -0.3 is 14.5 Å². The van der Waals surface area contributed by atoms with Gasteiger partial charge in [0.15, 0.2) is 6.61 Å². The van der Waals surface area contributed by atoms with Gasteiger partial charge in [0.25, 0.3) is 11.1 Å². The van der Waals surface area contributed by atoms with Crippen molar-refractivity contribution in [3.63, 3.8) is 0 Å². The van der Waals surface area contributed by atoms with E-state index in [1.54, 1.807) is 24.3 Å².